The SMILES string of the molecule is Cc1ccc(N(C)CC2CCCC2CN)cc1. The van der Waals surface area contributed by atoms with Crippen molar-refractivity contribution in [2.45, 2.75) is 26.2 Å². The Labute approximate surface area is 105 Å². The van der Waals surface area contributed by atoms with E-state index in [1.807, 2.05) is 0 Å². The number of hydrogen-bond donors (Lipinski definition) is 1. The number of aryl methyl sites for hydroxylation is 1. The van der Waals surface area contributed by atoms with Crippen LogP contribution in [0, 0.1) is 18.8 Å². The minimum absolute atomic E-state index is 0.739. The third-order valence-corrected chi connectivity index (χ3v) is 4.10. The van der Waals surface area contributed by atoms with Gasteiger partial charge >= 0.3 is 0 Å². The second-order valence-corrected chi connectivity index (χ2v) is 5.40. The first kappa shape index (κ1) is 12.4. The first-order valence-electron chi connectivity index (χ1n) is 6.68. The van der Waals surface area contributed by atoms with Crippen molar-refractivity contribution >= 4 is 5.69 Å². The summed E-state index contributed by atoms with van der Waals surface area (Å²) in [6.07, 6.45) is 4.02. The molecule has 0 saturated heterocycles. The van der Waals surface area contributed by atoms with Crippen LogP contribution in [0.25, 0.3) is 0 Å². The molecule has 2 unspecified atom stereocenters. The molecule has 0 amide bonds. The molecule has 1 saturated carbocycles. The highest BCUT2D eigenvalue weighted by atomic mass is 15.1. The lowest BCUT2D eigenvalue weighted by atomic mass is 9.95. The van der Waals surface area contributed by atoms with E-state index < -0.39 is 0 Å². The van der Waals surface area contributed by atoms with Gasteiger partial charge in [-0.25, -0.2) is 0 Å². The Morgan fingerprint density at radius 2 is 1.82 bits per heavy atom. The van der Waals surface area contributed by atoms with Crippen molar-refractivity contribution in [3.05, 3.63) is 29.8 Å². The Morgan fingerprint density at radius 3 is 2.47 bits per heavy atom. The molecule has 1 aliphatic rings. The molecular formula is C15H24N2. The third-order valence-electron chi connectivity index (χ3n) is 4.10. The zero-order valence-corrected chi connectivity index (χ0v) is 11.0. The van der Waals surface area contributed by atoms with Crippen molar-refractivity contribution in [1.82, 2.24) is 0 Å². The van der Waals surface area contributed by atoms with E-state index in [1.165, 1.54) is 30.5 Å². The molecule has 0 bridgehead atoms. The lowest BCUT2D eigenvalue weighted by molar-refractivity contribution is 0.400. The number of hydrogen-bond acceptors (Lipinski definition) is 2. The fourth-order valence-corrected chi connectivity index (χ4v) is 2.92. The first-order chi connectivity index (χ1) is 8.20. The molecule has 2 nitrogen and oxygen atoms in total. The highest BCUT2D eigenvalue weighted by molar-refractivity contribution is 5.46. The van der Waals surface area contributed by atoms with Gasteiger partial charge in [0.2, 0.25) is 0 Å². The number of nitrogens with zero attached hydrogens (tertiary/aromatic N) is 1. The fourth-order valence-electron chi connectivity index (χ4n) is 2.92. The molecule has 0 heterocycles. The van der Waals surface area contributed by atoms with Crippen LogP contribution in [0.3, 0.4) is 0 Å². The molecule has 94 valence electrons. The van der Waals surface area contributed by atoms with E-state index >= 15 is 0 Å². The summed E-state index contributed by atoms with van der Waals surface area (Å²) in [6.45, 7) is 4.13. The average Bonchev–Trinajstić information content (AvgIpc) is 2.77. The molecule has 1 aromatic rings. The van der Waals surface area contributed by atoms with E-state index in [-0.39, 0.29) is 0 Å². The molecule has 0 spiro atoms. The van der Waals surface area contributed by atoms with Crippen molar-refractivity contribution in [2.75, 3.05) is 25.0 Å². The Hall–Kier alpha value is -1.02. The minimum atomic E-state index is 0.739. The van der Waals surface area contributed by atoms with Gasteiger partial charge in [-0.05, 0) is 50.3 Å². The van der Waals surface area contributed by atoms with Gasteiger partial charge in [0.15, 0.2) is 0 Å². The molecule has 2 N–H and O–H groups in total. The largest absolute Gasteiger partial charge is 0.374 e. The molecule has 1 aliphatic carbocycles. The predicted octanol–water partition coefficient (Wildman–Crippen LogP) is 2.81. The van der Waals surface area contributed by atoms with Crippen LogP contribution < -0.4 is 10.6 Å². The second-order valence-electron chi connectivity index (χ2n) is 5.40. The lowest BCUT2D eigenvalue weighted by Gasteiger charge is -2.26. The summed E-state index contributed by atoms with van der Waals surface area (Å²) in [5.41, 5.74) is 8.48. The Morgan fingerprint density at radius 1 is 1.18 bits per heavy atom. The topological polar surface area (TPSA) is 29.3 Å². The highest BCUT2D eigenvalue weighted by Crippen LogP contribution is 2.32. The van der Waals surface area contributed by atoms with E-state index in [4.69, 9.17) is 5.73 Å². The maximum absolute atomic E-state index is 5.84. The lowest BCUT2D eigenvalue weighted by Crippen LogP contribution is -2.30. The zero-order chi connectivity index (χ0) is 12.3. The zero-order valence-electron chi connectivity index (χ0n) is 11.0. The molecule has 0 aromatic heterocycles. The van der Waals surface area contributed by atoms with Gasteiger partial charge in [0.05, 0.1) is 0 Å². The maximum atomic E-state index is 5.84. The molecule has 2 heteroatoms. The number of anilines is 1. The normalized spacial score (nSPS) is 23.9. The average molecular weight is 232 g/mol. The van der Waals surface area contributed by atoms with Gasteiger partial charge in [-0.1, -0.05) is 24.1 Å². The van der Waals surface area contributed by atoms with Crippen molar-refractivity contribution < 1.29 is 0 Å². The Kier molecular flexibility index (Phi) is 4.06. The summed E-state index contributed by atoms with van der Waals surface area (Å²) in [4.78, 5) is 2.37. The predicted molar refractivity (Wildman–Crippen MR) is 74.3 cm³/mol. The first-order valence-corrected chi connectivity index (χ1v) is 6.68. The summed E-state index contributed by atoms with van der Waals surface area (Å²) in [5.74, 6) is 1.52. The molecule has 2 atom stereocenters. The third kappa shape index (κ3) is 3.01. The highest BCUT2D eigenvalue weighted by Gasteiger charge is 2.26. The van der Waals surface area contributed by atoms with Crippen LogP contribution in [0.4, 0.5) is 5.69 Å². The molecule has 1 fully saturated rings. The number of rotatable bonds is 4. The van der Waals surface area contributed by atoms with Gasteiger partial charge in [0.25, 0.3) is 0 Å². The molecule has 1 aromatic carbocycles. The van der Waals surface area contributed by atoms with Gasteiger partial charge in [-0.2, -0.15) is 0 Å². The van der Waals surface area contributed by atoms with Crippen LogP contribution in [0.15, 0.2) is 24.3 Å². The van der Waals surface area contributed by atoms with Gasteiger partial charge < -0.3 is 10.6 Å². The molecule has 0 aliphatic heterocycles. The standard InChI is InChI=1S/C15H24N2/c1-12-6-8-15(9-7-12)17(2)11-14-5-3-4-13(14)10-16/h6-9,13-14H,3-5,10-11,16H2,1-2H3. The fraction of sp³-hybridized carbons (Fsp3) is 0.600. The van der Waals surface area contributed by atoms with Gasteiger partial charge in [-0.3, -0.25) is 0 Å². The quantitative estimate of drug-likeness (QED) is 0.865. The summed E-state index contributed by atoms with van der Waals surface area (Å²) >= 11 is 0. The molecule has 2 rings (SSSR count). The summed E-state index contributed by atoms with van der Waals surface area (Å²) in [5, 5.41) is 0. The van der Waals surface area contributed by atoms with Crippen LogP contribution in [0.5, 0.6) is 0 Å². The van der Waals surface area contributed by atoms with Crippen molar-refractivity contribution in [3.63, 3.8) is 0 Å². The minimum Gasteiger partial charge on any atom is -0.374 e. The van der Waals surface area contributed by atoms with E-state index in [0.717, 1.165) is 24.9 Å². The van der Waals surface area contributed by atoms with Crippen LogP contribution in [-0.2, 0) is 0 Å². The molecular weight excluding hydrogens is 208 g/mol. The number of nitrogens with two attached hydrogens (primary N) is 1. The number of benzene rings is 1. The van der Waals surface area contributed by atoms with E-state index in [2.05, 4.69) is 43.1 Å². The van der Waals surface area contributed by atoms with Crippen LogP contribution in [0.1, 0.15) is 24.8 Å². The maximum Gasteiger partial charge on any atom is 0.0363 e. The summed E-state index contributed by atoms with van der Waals surface area (Å²) in [6, 6.07) is 8.78. The van der Waals surface area contributed by atoms with Crippen molar-refractivity contribution in [1.29, 1.82) is 0 Å². The van der Waals surface area contributed by atoms with E-state index in [9.17, 15) is 0 Å². The van der Waals surface area contributed by atoms with Crippen LogP contribution in [0.2, 0.25) is 0 Å². The Balaban J connectivity index is 1.96. The van der Waals surface area contributed by atoms with E-state index in [0.29, 0.717) is 0 Å². The smallest absolute Gasteiger partial charge is 0.0363 e. The molecule has 17 heavy (non-hydrogen) atoms. The van der Waals surface area contributed by atoms with Gasteiger partial charge in [-0.15, -0.1) is 0 Å². The van der Waals surface area contributed by atoms with Crippen molar-refractivity contribution in [2.24, 2.45) is 17.6 Å². The second kappa shape index (κ2) is 5.54. The molecule has 0 radical (unpaired) electrons. The Bertz CT molecular complexity index is 344. The monoisotopic (exact) mass is 232 g/mol. The van der Waals surface area contributed by atoms with Crippen LogP contribution >= 0.6 is 0 Å². The van der Waals surface area contributed by atoms with E-state index in [1.54, 1.807) is 0 Å². The summed E-state index contributed by atoms with van der Waals surface area (Å²) in [7, 11) is 2.19. The van der Waals surface area contributed by atoms with Gasteiger partial charge in [0.1, 0.15) is 0 Å². The van der Waals surface area contributed by atoms with Crippen LogP contribution in [-0.4, -0.2) is 20.1 Å². The van der Waals surface area contributed by atoms with Gasteiger partial charge in [0, 0.05) is 19.3 Å². The summed E-state index contributed by atoms with van der Waals surface area (Å²) < 4.78 is 0. The van der Waals surface area contributed by atoms with Crippen molar-refractivity contribution in [3.8, 4) is 0 Å².